The molecule has 21 heavy (non-hydrogen) atoms. The molecule has 3 rings (SSSR count). The van der Waals surface area contributed by atoms with E-state index in [1.807, 2.05) is 36.4 Å². The highest BCUT2D eigenvalue weighted by atomic mass is 16.2. The first-order valence-corrected chi connectivity index (χ1v) is 6.34. The van der Waals surface area contributed by atoms with Crippen LogP contribution in [-0.2, 0) is 11.3 Å². The summed E-state index contributed by atoms with van der Waals surface area (Å²) in [5.41, 5.74) is 1.49. The van der Waals surface area contributed by atoms with Crippen molar-refractivity contribution in [3.63, 3.8) is 0 Å². The number of anilines is 1. The van der Waals surface area contributed by atoms with Crippen molar-refractivity contribution in [2.24, 2.45) is 0 Å². The van der Waals surface area contributed by atoms with Crippen LogP contribution in [-0.4, -0.2) is 31.1 Å². The molecule has 1 N–H and O–H groups in total. The topological polar surface area (TPSA) is 85.6 Å². The number of hydrogen-bond acceptors (Lipinski definition) is 5. The van der Waals surface area contributed by atoms with E-state index >= 15 is 0 Å². The Kier molecular flexibility index (Phi) is 3.64. The van der Waals surface area contributed by atoms with Gasteiger partial charge < -0.3 is 5.32 Å². The van der Waals surface area contributed by atoms with Crippen LogP contribution in [0.3, 0.4) is 0 Å². The quantitative estimate of drug-likeness (QED) is 0.780. The number of rotatable bonds is 4. The van der Waals surface area contributed by atoms with E-state index in [-0.39, 0.29) is 12.5 Å². The van der Waals surface area contributed by atoms with Crippen molar-refractivity contribution in [3.05, 3.63) is 54.9 Å². The first-order chi connectivity index (χ1) is 10.3. The molecule has 3 aromatic rings. The summed E-state index contributed by atoms with van der Waals surface area (Å²) in [5, 5.41) is 14.7. The molecule has 7 heteroatoms. The third-order valence-electron chi connectivity index (χ3n) is 2.72. The number of aromatic nitrogens is 5. The van der Waals surface area contributed by atoms with Gasteiger partial charge in [0.05, 0.1) is 0 Å². The average molecular weight is 280 g/mol. The van der Waals surface area contributed by atoms with Crippen molar-refractivity contribution in [3.8, 4) is 11.4 Å². The number of hydrogen-bond donors (Lipinski definition) is 1. The Morgan fingerprint density at radius 3 is 2.76 bits per heavy atom. The molecule has 0 bridgehead atoms. The lowest BCUT2D eigenvalue weighted by Crippen LogP contribution is -2.20. The van der Waals surface area contributed by atoms with Gasteiger partial charge in [-0.2, -0.15) is 4.80 Å². The van der Waals surface area contributed by atoms with E-state index in [0.29, 0.717) is 5.82 Å². The molecular formula is C14H12N6O. The molecule has 0 aliphatic carbocycles. The molecule has 7 nitrogen and oxygen atoms in total. The molecule has 0 saturated heterocycles. The molecule has 0 aliphatic rings. The Bertz CT molecular complexity index is 725. The molecule has 0 fully saturated rings. The van der Waals surface area contributed by atoms with Crippen LogP contribution in [0.1, 0.15) is 0 Å². The van der Waals surface area contributed by atoms with Crippen molar-refractivity contribution >= 4 is 11.6 Å². The van der Waals surface area contributed by atoms with Gasteiger partial charge in [-0.25, -0.2) is 0 Å². The highest BCUT2D eigenvalue weighted by Crippen LogP contribution is 2.10. The second-order valence-corrected chi connectivity index (χ2v) is 4.30. The molecule has 2 heterocycles. The summed E-state index contributed by atoms with van der Waals surface area (Å²) in [6, 6.07) is 12.8. The number of amides is 1. The lowest BCUT2D eigenvalue weighted by Gasteiger charge is -2.03. The van der Waals surface area contributed by atoms with Gasteiger partial charge in [-0.15, -0.1) is 10.2 Å². The van der Waals surface area contributed by atoms with Crippen LogP contribution in [0, 0.1) is 0 Å². The number of para-hydroxylation sites is 1. The summed E-state index contributed by atoms with van der Waals surface area (Å²) >= 11 is 0. The standard InChI is InChI=1S/C14H12N6O/c21-13(16-12-6-2-1-3-7-12)10-20-18-14(17-19-20)11-5-4-8-15-9-11/h1-9H,10H2,(H,16,21). The number of benzene rings is 1. The normalized spacial score (nSPS) is 10.3. The maximum absolute atomic E-state index is 11.9. The van der Waals surface area contributed by atoms with Crippen molar-refractivity contribution in [1.82, 2.24) is 25.2 Å². The minimum absolute atomic E-state index is 0.00214. The molecule has 0 atom stereocenters. The molecule has 1 amide bonds. The molecule has 0 aliphatic heterocycles. The fourth-order valence-corrected chi connectivity index (χ4v) is 1.77. The predicted octanol–water partition coefficient (Wildman–Crippen LogP) is 1.37. The van der Waals surface area contributed by atoms with E-state index < -0.39 is 0 Å². The first kappa shape index (κ1) is 12.9. The minimum Gasteiger partial charge on any atom is -0.324 e. The second kappa shape index (κ2) is 5.91. The van der Waals surface area contributed by atoms with Crippen molar-refractivity contribution in [2.75, 3.05) is 5.32 Å². The molecule has 0 unspecified atom stereocenters. The van der Waals surface area contributed by atoms with Gasteiger partial charge in [0.2, 0.25) is 11.7 Å². The van der Waals surface area contributed by atoms with Crippen LogP contribution in [0.5, 0.6) is 0 Å². The maximum atomic E-state index is 11.9. The Labute approximate surface area is 120 Å². The van der Waals surface area contributed by atoms with Gasteiger partial charge in [0.15, 0.2) is 0 Å². The number of carbonyl (C=O) groups is 1. The highest BCUT2D eigenvalue weighted by Gasteiger charge is 2.09. The number of pyridine rings is 1. The van der Waals surface area contributed by atoms with E-state index in [4.69, 9.17) is 0 Å². The smallest absolute Gasteiger partial charge is 0.248 e. The Balaban J connectivity index is 1.66. The van der Waals surface area contributed by atoms with Crippen molar-refractivity contribution in [2.45, 2.75) is 6.54 Å². The molecule has 0 spiro atoms. The van der Waals surface area contributed by atoms with Gasteiger partial charge >= 0.3 is 0 Å². The lowest BCUT2D eigenvalue weighted by molar-refractivity contribution is -0.117. The zero-order chi connectivity index (χ0) is 14.5. The fourth-order valence-electron chi connectivity index (χ4n) is 1.77. The van der Waals surface area contributed by atoms with Crippen molar-refractivity contribution in [1.29, 1.82) is 0 Å². The van der Waals surface area contributed by atoms with E-state index in [0.717, 1.165) is 11.3 Å². The third-order valence-corrected chi connectivity index (χ3v) is 2.72. The molecule has 0 radical (unpaired) electrons. The molecule has 2 aromatic heterocycles. The number of nitrogens with one attached hydrogen (secondary N) is 1. The average Bonchev–Trinajstić information content (AvgIpc) is 2.97. The minimum atomic E-state index is -0.212. The zero-order valence-electron chi connectivity index (χ0n) is 11.0. The number of nitrogens with zero attached hydrogens (tertiary/aromatic N) is 5. The second-order valence-electron chi connectivity index (χ2n) is 4.30. The predicted molar refractivity (Wildman–Crippen MR) is 76.1 cm³/mol. The summed E-state index contributed by atoms with van der Waals surface area (Å²) in [5.74, 6) is 0.229. The van der Waals surface area contributed by atoms with Gasteiger partial charge in [0, 0.05) is 23.6 Å². The van der Waals surface area contributed by atoms with Gasteiger partial charge in [0.1, 0.15) is 6.54 Å². The van der Waals surface area contributed by atoms with Crippen molar-refractivity contribution < 1.29 is 4.79 Å². The number of tetrazole rings is 1. The van der Waals surface area contributed by atoms with E-state index in [2.05, 4.69) is 25.7 Å². The zero-order valence-corrected chi connectivity index (χ0v) is 11.0. The van der Waals surface area contributed by atoms with Crippen LogP contribution in [0.2, 0.25) is 0 Å². The van der Waals surface area contributed by atoms with Crippen LogP contribution >= 0.6 is 0 Å². The van der Waals surface area contributed by atoms with Gasteiger partial charge in [-0.05, 0) is 29.5 Å². The molecule has 1 aromatic carbocycles. The summed E-state index contributed by atoms with van der Waals surface area (Å²) in [4.78, 5) is 17.1. The fraction of sp³-hybridized carbons (Fsp3) is 0.0714. The summed E-state index contributed by atoms with van der Waals surface area (Å²) < 4.78 is 0. The van der Waals surface area contributed by atoms with Crippen LogP contribution in [0.25, 0.3) is 11.4 Å². The van der Waals surface area contributed by atoms with Gasteiger partial charge in [0.25, 0.3) is 0 Å². The lowest BCUT2D eigenvalue weighted by atomic mass is 10.3. The van der Waals surface area contributed by atoms with E-state index in [1.54, 1.807) is 18.5 Å². The third kappa shape index (κ3) is 3.27. The maximum Gasteiger partial charge on any atom is 0.248 e. The molecule has 104 valence electrons. The van der Waals surface area contributed by atoms with E-state index in [1.165, 1.54) is 4.80 Å². The Morgan fingerprint density at radius 1 is 1.14 bits per heavy atom. The van der Waals surface area contributed by atoms with Gasteiger partial charge in [-0.3, -0.25) is 9.78 Å². The van der Waals surface area contributed by atoms with Crippen LogP contribution in [0.15, 0.2) is 54.9 Å². The molecular weight excluding hydrogens is 268 g/mol. The largest absolute Gasteiger partial charge is 0.324 e. The summed E-state index contributed by atoms with van der Waals surface area (Å²) in [7, 11) is 0. The Hall–Kier alpha value is -3.09. The summed E-state index contributed by atoms with van der Waals surface area (Å²) in [6.07, 6.45) is 3.31. The highest BCUT2D eigenvalue weighted by molar-refractivity contribution is 5.90. The van der Waals surface area contributed by atoms with Crippen LogP contribution in [0.4, 0.5) is 5.69 Å². The Morgan fingerprint density at radius 2 is 2.00 bits per heavy atom. The summed E-state index contributed by atoms with van der Waals surface area (Å²) in [6.45, 7) is 0.00214. The van der Waals surface area contributed by atoms with Gasteiger partial charge in [-0.1, -0.05) is 18.2 Å². The molecule has 0 saturated carbocycles. The van der Waals surface area contributed by atoms with Crippen LogP contribution < -0.4 is 5.32 Å². The monoisotopic (exact) mass is 280 g/mol. The SMILES string of the molecule is O=C(Cn1nnc(-c2cccnc2)n1)Nc1ccccc1. The number of carbonyl (C=O) groups excluding carboxylic acids is 1. The van der Waals surface area contributed by atoms with E-state index in [9.17, 15) is 4.79 Å². The first-order valence-electron chi connectivity index (χ1n) is 6.34.